The summed E-state index contributed by atoms with van der Waals surface area (Å²) in [5, 5.41) is 3.24. The Bertz CT molecular complexity index is 296. The highest BCUT2D eigenvalue weighted by Gasteiger charge is 2.16. The molecular weight excluding hydrogens is 206 g/mol. The lowest BCUT2D eigenvalue weighted by atomic mass is 9.98. The van der Waals surface area contributed by atoms with E-state index in [2.05, 4.69) is 43.2 Å². The second-order valence-corrected chi connectivity index (χ2v) is 5.26. The van der Waals surface area contributed by atoms with Crippen LogP contribution in [0.25, 0.3) is 0 Å². The molecule has 1 rings (SSSR count). The van der Waals surface area contributed by atoms with Crippen LogP contribution < -0.4 is 5.73 Å². The van der Waals surface area contributed by atoms with E-state index in [1.165, 1.54) is 0 Å². The zero-order chi connectivity index (χ0) is 11.4. The van der Waals surface area contributed by atoms with Crippen molar-refractivity contribution in [3.63, 3.8) is 0 Å². The number of rotatable bonds is 5. The van der Waals surface area contributed by atoms with Crippen LogP contribution in [-0.4, -0.2) is 24.0 Å². The van der Waals surface area contributed by atoms with E-state index in [4.69, 9.17) is 5.73 Å². The Balaban J connectivity index is 2.66. The summed E-state index contributed by atoms with van der Waals surface area (Å²) in [5.41, 5.74) is 7.17. The van der Waals surface area contributed by atoms with Gasteiger partial charge in [0.25, 0.3) is 0 Å². The summed E-state index contributed by atoms with van der Waals surface area (Å²) in [7, 11) is 4.10. The Hall–Kier alpha value is -0.450. The van der Waals surface area contributed by atoms with Gasteiger partial charge in [0.1, 0.15) is 5.01 Å². The number of thiazole rings is 1. The fourth-order valence-corrected chi connectivity index (χ4v) is 2.32. The van der Waals surface area contributed by atoms with E-state index in [1.807, 2.05) is 0 Å². The molecule has 1 aromatic rings. The van der Waals surface area contributed by atoms with Gasteiger partial charge in [-0.25, -0.2) is 4.98 Å². The molecule has 1 heterocycles. The molecule has 0 aromatic carbocycles. The van der Waals surface area contributed by atoms with Crippen molar-refractivity contribution in [2.45, 2.75) is 32.9 Å². The van der Waals surface area contributed by atoms with Crippen LogP contribution in [0.2, 0.25) is 0 Å². The Labute approximate surface area is 96.3 Å². The van der Waals surface area contributed by atoms with Crippen LogP contribution in [0.4, 0.5) is 0 Å². The molecule has 0 saturated carbocycles. The summed E-state index contributed by atoms with van der Waals surface area (Å²) < 4.78 is 0. The van der Waals surface area contributed by atoms with Crippen LogP contribution in [0, 0.1) is 5.92 Å². The highest BCUT2D eigenvalue weighted by atomic mass is 32.1. The minimum atomic E-state index is 0.0853. The summed E-state index contributed by atoms with van der Waals surface area (Å²) in [6.45, 7) is 5.24. The monoisotopic (exact) mass is 227 g/mol. The molecule has 0 aliphatic heterocycles. The van der Waals surface area contributed by atoms with Crippen LogP contribution in [0.1, 0.15) is 37.0 Å². The largest absolute Gasteiger partial charge is 0.322 e. The molecule has 0 radical (unpaired) electrons. The van der Waals surface area contributed by atoms with Crippen LogP contribution in [0.5, 0.6) is 0 Å². The molecule has 4 heteroatoms. The third-order valence-electron chi connectivity index (χ3n) is 2.62. The Kier molecular flexibility index (Phi) is 4.70. The van der Waals surface area contributed by atoms with Crippen LogP contribution >= 0.6 is 11.3 Å². The van der Waals surface area contributed by atoms with Gasteiger partial charge in [0, 0.05) is 11.9 Å². The zero-order valence-electron chi connectivity index (χ0n) is 10.0. The van der Waals surface area contributed by atoms with Gasteiger partial charge in [0.2, 0.25) is 0 Å². The van der Waals surface area contributed by atoms with Crippen molar-refractivity contribution in [3.05, 3.63) is 16.1 Å². The van der Waals surface area contributed by atoms with Crippen LogP contribution in [-0.2, 0) is 6.54 Å². The quantitative estimate of drug-likeness (QED) is 0.839. The molecule has 0 aliphatic carbocycles. The second-order valence-electron chi connectivity index (χ2n) is 4.32. The standard InChI is InChI=1S/C11H21N3S/c1-5-8(2)11(12)9-7-15-10(13-9)6-14(3)4/h7-8,11H,5-6,12H2,1-4H3. The van der Waals surface area contributed by atoms with Gasteiger partial charge < -0.3 is 10.6 Å². The maximum atomic E-state index is 6.12. The Morgan fingerprint density at radius 1 is 1.53 bits per heavy atom. The fourth-order valence-electron chi connectivity index (χ4n) is 1.37. The van der Waals surface area contributed by atoms with Crippen molar-refractivity contribution >= 4 is 11.3 Å². The highest BCUT2D eigenvalue weighted by Crippen LogP contribution is 2.23. The van der Waals surface area contributed by atoms with Gasteiger partial charge >= 0.3 is 0 Å². The van der Waals surface area contributed by atoms with Gasteiger partial charge in [0.15, 0.2) is 0 Å². The molecule has 1 aromatic heterocycles. The van der Waals surface area contributed by atoms with Gasteiger partial charge in [-0.3, -0.25) is 0 Å². The molecule has 0 fully saturated rings. The molecule has 0 saturated heterocycles. The minimum Gasteiger partial charge on any atom is -0.322 e. The first-order valence-corrected chi connectivity index (χ1v) is 6.27. The summed E-state index contributed by atoms with van der Waals surface area (Å²) in [5.74, 6) is 0.499. The van der Waals surface area contributed by atoms with Crippen molar-refractivity contribution in [1.82, 2.24) is 9.88 Å². The average Bonchev–Trinajstić information content (AvgIpc) is 2.63. The van der Waals surface area contributed by atoms with Crippen molar-refractivity contribution in [3.8, 4) is 0 Å². The predicted molar refractivity (Wildman–Crippen MR) is 65.9 cm³/mol. The maximum absolute atomic E-state index is 6.12. The number of nitrogens with two attached hydrogens (primary N) is 1. The van der Waals surface area contributed by atoms with E-state index in [1.54, 1.807) is 11.3 Å². The molecule has 0 aliphatic rings. The van der Waals surface area contributed by atoms with E-state index in [0.717, 1.165) is 23.7 Å². The van der Waals surface area contributed by atoms with E-state index < -0.39 is 0 Å². The number of aromatic nitrogens is 1. The Morgan fingerprint density at radius 2 is 2.20 bits per heavy atom. The van der Waals surface area contributed by atoms with Gasteiger partial charge in [0.05, 0.1) is 11.7 Å². The molecule has 0 amide bonds. The molecule has 2 N–H and O–H groups in total. The lowest BCUT2D eigenvalue weighted by Crippen LogP contribution is -2.19. The van der Waals surface area contributed by atoms with Crippen molar-refractivity contribution < 1.29 is 0 Å². The lowest BCUT2D eigenvalue weighted by molar-refractivity contribution is 0.399. The smallest absolute Gasteiger partial charge is 0.107 e. The first kappa shape index (κ1) is 12.6. The molecule has 2 unspecified atom stereocenters. The molecule has 0 bridgehead atoms. The first-order valence-electron chi connectivity index (χ1n) is 5.39. The van der Waals surface area contributed by atoms with Gasteiger partial charge in [-0.15, -0.1) is 11.3 Å². The predicted octanol–water partition coefficient (Wildman–Crippen LogP) is 2.25. The fraction of sp³-hybridized carbons (Fsp3) is 0.727. The van der Waals surface area contributed by atoms with Crippen molar-refractivity contribution in [2.75, 3.05) is 14.1 Å². The number of hydrogen-bond donors (Lipinski definition) is 1. The van der Waals surface area contributed by atoms with Gasteiger partial charge in [-0.1, -0.05) is 20.3 Å². The molecule has 15 heavy (non-hydrogen) atoms. The number of hydrogen-bond acceptors (Lipinski definition) is 4. The lowest BCUT2D eigenvalue weighted by Gasteiger charge is -2.15. The summed E-state index contributed by atoms with van der Waals surface area (Å²) in [6, 6.07) is 0.0853. The Morgan fingerprint density at radius 3 is 2.73 bits per heavy atom. The average molecular weight is 227 g/mol. The summed E-state index contributed by atoms with van der Waals surface area (Å²) >= 11 is 1.70. The molecule has 86 valence electrons. The third-order valence-corrected chi connectivity index (χ3v) is 3.47. The van der Waals surface area contributed by atoms with E-state index in [0.29, 0.717) is 5.92 Å². The van der Waals surface area contributed by atoms with Gasteiger partial charge in [-0.05, 0) is 20.0 Å². The van der Waals surface area contributed by atoms with Crippen molar-refractivity contribution in [2.24, 2.45) is 11.7 Å². The SMILES string of the molecule is CCC(C)C(N)c1csc(CN(C)C)n1. The second kappa shape index (κ2) is 5.58. The normalized spacial score (nSPS) is 15.6. The topological polar surface area (TPSA) is 42.1 Å². The zero-order valence-corrected chi connectivity index (χ0v) is 10.8. The minimum absolute atomic E-state index is 0.0853. The van der Waals surface area contributed by atoms with Crippen LogP contribution in [0.15, 0.2) is 5.38 Å². The summed E-state index contributed by atoms with van der Waals surface area (Å²) in [6.07, 6.45) is 1.10. The maximum Gasteiger partial charge on any atom is 0.107 e. The van der Waals surface area contributed by atoms with Gasteiger partial charge in [-0.2, -0.15) is 0 Å². The van der Waals surface area contributed by atoms with E-state index >= 15 is 0 Å². The van der Waals surface area contributed by atoms with E-state index in [9.17, 15) is 0 Å². The first-order chi connectivity index (χ1) is 7.04. The highest BCUT2D eigenvalue weighted by molar-refractivity contribution is 7.09. The summed E-state index contributed by atoms with van der Waals surface area (Å²) in [4.78, 5) is 6.69. The third kappa shape index (κ3) is 3.55. The molecular formula is C11H21N3S. The van der Waals surface area contributed by atoms with Crippen molar-refractivity contribution in [1.29, 1.82) is 0 Å². The molecule has 0 spiro atoms. The molecule has 3 nitrogen and oxygen atoms in total. The number of nitrogens with zero attached hydrogens (tertiary/aromatic N) is 2. The molecule has 2 atom stereocenters. The van der Waals surface area contributed by atoms with Crippen LogP contribution in [0.3, 0.4) is 0 Å². The van der Waals surface area contributed by atoms with E-state index in [-0.39, 0.29) is 6.04 Å².